The Morgan fingerprint density at radius 3 is 2.71 bits per heavy atom. The number of nitrogens with two attached hydrogens (primary N) is 1. The van der Waals surface area contributed by atoms with E-state index in [1.807, 2.05) is 18.9 Å². The highest BCUT2D eigenvalue weighted by Crippen LogP contribution is 2.09. The van der Waals surface area contributed by atoms with E-state index < -0.39 is 0 Å². The molecule has 0 atom stereocenters. The first kappa shape index (κ1) is 13.4. The third-order valence-corrected chi connectivity index (χ3v) is 2.56. The van der Waals surface area contributed by atoms with Gasteiger partial charge in [0, 0.05) is 19.3 Å². The van der Waals surface area contributed by atoms with Gasteiger partial charge in [0.25, 0.3) is 0 Å². The van der Waals surface area contributed by atoms with Crippen molar-refractivity contribution < 1.29 is 0 Å². The van der Waals surface area contributed by atoms with Crippen LogP contribution < -0.4 is 10.6 Å². The molecule has 0 saturated carbocycles. The lowest BCUT2D eigenvalue weighted by atomic mass is 10.2. The van der Waals surface area contributed by atoms with Gasteiger partial charge < -0.3 is 10.6 Å². The maximum atomic E-state index is 7.41. The van der Waals surface area contributed by atoms with E-state index in [1.165, 1.54) is 12.8 Å². The molecule has 0 aromatic carbocycles. The molecule has 1 rings (SSSR count). The summed E-state index contributed by atoms with van der Waals surface area (Å²) >= 11 is 0. The van der Waals surface area contributed by atoms with Crippen molar-refractivity contribution in [2.75, 3.05) is 18.5 Å². The maximum Gasteiger partial charge on any atom is 0.225 e. The highest BCUT2D eigenvalue weighted by molar-refractivity contribution is 5.93. The Morgan fingerprint density at radius 2 is 2.12 bits per heavy atom. The van der Waals surface area contributed by atoms with Crippen LogP contribution in [0.4, 0.5) is 5.95 Å². The van der Waals surface area contributed by atoms with Crippen molar-refractivity contribution in [3.63, 3.8) is 0 Å². The summed E-state index contributed by atoms with van der Waals surface area (Å²) in [5.41, 5.74) is 6.78. The highest BCUT2D eigenvalue weighted by Gasteiger charge is 2.08. The van der Waals surface area contributed by atoms with Crippen LogP contribution in [0.1, 0.15) is 37.6 Å². The van der Waals surface area contributed by atoms with Gasteiger partial charge in [-0.05, 0) is 19.4 Å². The summed E-state index contributed by atoms with van der Waals surface area (Å²) in [6, 6.07) is 1.73. The Bertz CT molecular complexity index is 388. The second kappa shape index (κ2) is 6.18. The van der Waals surface area contributed by atoms with Crippen LogP contribution in [0.5, 0.6) is 0 Å². The van der Waals surface area contributed by atoms with Crippen molar-refractivity contribution in [3.05, 3.63) is 17.5 Å². The summed E-state index contributed by atoms with van der Waals surface area (Å²) in [7, 11) is 1.97. The van der Waals surface area contributed by atoms with Gasteiger partial charge in [0.1, 0.15) is 11.5 Å². The second-order valence-corrected chi connectivity index (χ2v) is 4.24. The van der Waals surface area contributed by atoms with Crippen LogP contribution in [0.15, 0.2) is 6.07 Å². The molecule has 5 heteroatoms. The lowest BCUT2D eigenvalue weighted by Crippen LogP contribution is -2.23. The van der Waals surface area contributed by atoms with Crippen molar-refractivity contribution >= 4 is 11.8 Å². The van der Waals surface area contributed by atoms with E-state index in [1.54, 1.807) is 6.07 Å². The van der Waals surface area contributed by atoms with Crippen LogP contribution in [-0.2, 0) is 0 Å². The Hall–Kier alpha value is -1.65. The van der Waals surface area contributed by atoms with E-state index in [0.29, 0.717) is 11.6 Å². The molecule has 1 heterocycles. The van der Waals surface area contributed by atoms with Crippen LogP contribution in [0.2, 0.25) is 0 Å². The molecule has 0 unspecified atom stereocenters. The summed E-state index contributed by atoms with van der Waals surface area (Å²) in [4.78, 5) is 10.6. The molecule has 0 fully saturated rings. The first-order chi connectivity index (χ1) is 8.04. The monoisotopic (exact) mass is 235 g/mol. The van der Waals surface area contributed by atoms with E-state index in [-0.39, 0.29) is 5.84 Å². The molecule has 0 spiro atoms. The average molecular weight is 235 g/mol. The van der Waals surface area contributed by atoms with E-state index in [0.717, 1.165) is 18.7 Å². The summed E-state index contributed by atoms with van der Waals surface area (Å²) in [5.74, 6) is 0.630. The fraction of sp³-hybridized carbons (Fsp3) is 0.583. The normalized spacial score (nSPS) is 10.3. The number of nitrogen functional groups attached to an aromatic ring is 1. The molecule has 1 aromatic heterocycles. The molecule has 0 aliphatic carbocycles. The van der Waals surface area contributed by atoms with Crippen molar-refractivity contribution in [1.82, 2.24) is 9.97 Å². The number of hydrogen-bond donors (Lipinski definition) is 2. The standard InChI is InChI=1S/C12H21N5/c1-4-5-6-7-17(3)12-15-9(2)8-10(16-12)11(13)14/h8H,4-7H2,1-3H3,(H3,13,14). The van der Waals surface area contributed by atoms with Gasteiger partial charge in [0.15, 0.2) is 0 Å². The van der Waals surface area contributed by atoms with Gasteiger partial charge in [-0.3, -0.25) is 5.41 Å². The number of nitrogens with one attached hydrogen (secondary N) is 1. The average Bonchev–Trinajstić information content (AvgIpc) is 2.28. The number of anilines is 1. The number of unbranched alkanes of at least 4 members (excludes halogenated alkanes) is 2. The third-order valence-electron chi connectivity index (χ3n) is 2.56. The SMILES string of the molecule is CCCCCN(C)c1nc(C)cc(C(=N)N)n1. The van der Waals surface area contributed by atoms with Crippen molar-refractivity contribution in [1.29, 1.82) is 5.41 Å². The molecule has 0 amide bonds. The van der Waals surface area contributed by atoms with Gasteiger partial charge in [0.2, 0.25) is 5.95 Å². The molecule has 5 nitrogen and oxygen atoms in total. The molecule has 0 aliphatic rings. The predicted octanol–water partition coefficient (Wildman–Crippen LogP) is 1.70. The van der Waals surface area contributed by atoms with Gasteiger partial charge in [-0.2, -0.15) is 0 Å². The van der Waals surface area contributed by atoms with E-state index in [9.17, 15) is 0 Å². The molecular weight excluding hydrogens is 214 g/mol. The van der Waals surface area contributed by atoms with Crippen LogP contribution >= 0.6 is 0 Å². The lowest BCUT2D eigenvalue weighted by molar-refractivity contribution is 0.695. The van der Waals surface area contributed by atoms with Crippen LogP contribution in [0.25, 0.3) is 0 Å². The molecule has 0 saturated heterocycles. The first-order valence-electron chi connectivity index (χ1n) is 5.95. The van der Waals surface area contributed by atoms with Crippen molar-refractivity contribution in [2.45, 2.75) is 33.1 Å². The fourth-order valence-corrected chi connectivity index (χ4v) is 1.56. The van der Waals surface area contributed by atoms with Gasteiger partial charge in [-0.25, -0.2) is 9.97 Å². The number of hydrogen-bond acceptors (Lipinski definition) is 4. The van der Waals surface area contributed by atoms with Gasteiger partial charge in [-0.1, -0.05) is 19.8 Å². The maximum absolute atomic E-state index is 7.41. The molecule has 3 N–H and O–H groups in total. The largest absolute Gasteiger partial charge is 0.382 e. The predicted molar refractivity (Wildman–Crippen MR) is 70.6 cm³/mol. The lowest BCUT2D eigenvalue weighted by Gasteiger charge is -2.17. The molecular formula is C12H21N5. The van der Waals surface area contributed by atoms with Crippen LogP contribution in [-0.4, -0.2) is 29.4 Å². The molecule has 0 radical (unpaired) electrons. The van der Waals surface area contributed by atoms with Gasteiger partial charge >= 0.3 is 0 Å². The Kier molecular flexibility index (Phi) is 4.87. The number of amidine groups is 1. The fourth-order valence-electron chi connectivity index (χ4n) is 1.56. The summed E-state index contributed by atoms with van der Waals surface area (Å²) < 4.78 is 0. The summed E-state index contributed by atoms with van der Waals surface area (Å²) in [5, 5.41) is 7.41. The number of rotatable bonds is 6. The smallest absolute Gasteiger partial charge is 0.225 e. The minimum Gasteiger partial charge on any atom is -0.382 e. The zero-order valence-electron chi connectivity index (χ0n) is 10.8. The molecule has 17 heavy (non-hydrogen) atoms. The Balaban J connectivity index is 2.78. The molecule has 0 aliphatic heterocycles. The molecule has 94 valence electrons. The van der Waals surface area contributed by atoms with Gasteiger partial charge in [0.05, 0.1) is 0 Å². The first-order valence-corrected chi connectivity index (χ1v) is 5.95. The Labute approximate surface area is 103 Å². The zero-order valence-corrected chi connectivity index (χ0v) is 10.8. The second-order valence-electron chi connectivity index (χ2n) is 4.24. The minimum atomic E-state index is -0.0151. The van der Waals surface area contributed by atoms with Gasteiger partial charge in [-0.15, -0.1) is 0 Å². The van der Waals surface area contributed by atoms with Crippen LogP contribution in [0.3, 0.4) is 0 Å². The number of aromatic nitrogens is 2. The number of nitrogens with zero attached hydrogens (tertiary/aromatic N) is 3. The summed E-state index contributed by atoms with van der Waals surface area (Å²) in [6.07, 6.45) is 3.52. The molecule has 1 aromatic rings. The minimum absolute atomic E-state index is 0.0151. The highest BCUT2D eigenvalue weighted by atomic mass is 15.2. The van der Waals surface area contributed by atoms with E-state index in [2.05, 4.69) is 16.9 Å². The topological polar surface area (TPSA) is 78.9 Å². The quantitative estimate of drug-likeness (QED) is 0.447. The van der Waals surface area contributed by atoms with Crippen molar-refractivity contribution in [3.8, 4) is 0 Å². The Morgan fingerprint density at radius 1 is 1.41 bits per heavy atom. The van der Waals surface area contributed by atoms with E-state index >= 15 is 0 Å². The zero-order chi connectivity index (χ0) is 12.8. The van der Waals surface area contributed by atoms with Crippen molar-refractivity contribution in [2.24, 2.45) is 5.73 Å². The molecule has 0 bridgehead atoms. The summed E-state index contributed by atoms with van der Waals surface area (Å²) in [6.45, 7) is 4.99. The van der Waals surface area contributed by atoms with Crippen LogP contribution in [0, 0.1) is 12.3 Å². The third kappa shape index (κ3) is 4.01. The van der Waals surface area contributed by atoms with E-state index in [4.69, 9.17) is 11.1 Å². The number of aryl methyl sites for hydroxylation is 1.